The zero-order valence-electron chi connectivity index (χ0n) is 15.0. The monoisotopic (exact) mass is 358 g/mol. The molecule has 2 amide bonds. The molecule has 1 aromatic heterocycles. The van der Waals surface area contributed by atoms with Crippen molar-refractivity contribution >= 4 is 11.8 Å². The molecule has 0 bridgehead atoms. The van der Waals surface area contributed by atoms with Gasteiger partial charge in [-0.15, -0.1) is 0 Å². The maximum absolute atomic E-state index is 13.5. The van der Waals surface area contributed by atoms with Crippen molar-refractivity contribution in [1.82, 2.24) is 10.2 Å². The van der Waals surface area contributed by atoms with Crippen LogP contribution >= 0.6 is 0 Å². The molecule has 0 spiro atoms. The van der Waals surface area contributed by atoms with Gasteiger partial charge in [0.05, 0.1) is 11.6 Å². The number of halogens is 1. The molecule has 0 saturated carbocycles. The van der Waals surface area contributed by atoms with Crippen molar-refractivity contribution in [3.05, 3.63) is 58.8 Å². The Labute approximate surface area is 152 Å². The van der Waals surface area contributed by atoms with Crippen molar-refractivity contribution in [3.8, 4) is 0 Å². The first-order valence-corrected chi connectivity index (χ1v) is 8.83. The summed E-state index contributed by atoms with van der Waals surface area (Å²) in [6.45, 7) is 4.51. The molecular formula is C20H23FN2O3. The Morgan fingerprint density at radius 1 is 1.35 bits per heavy atom. The Kier molecular flexibility index (Phi) is 5.40. The van der Waals surface area contributed by atoms with E-state index in [1.807, 2.05) is 6.07 Å². The van der Waals surface area contributed by atoms with E-state index >= 15 is 0 Å². The Morgan fingerprint density at radius 2 is 2.15 bits per heavy atom. The zero-order chi connectivity index (χ0) is 18.7. The van der Waals surface area contributed by atoms with Crippen molar-refractivity contribution in [1.29, 1.82) is 0 Å². The minimum absolute atomic E-state index is 0.0796. The number of aryl methyl sites for hydroxylation is 2. The lowest BCUT2D eigenvalue weighted by Gasteiger charge is -2.28. The van der Waals surface area contributed by atoms with E-state index in [0.29, 0.717) is 43.0 Å². The summed E-state index contributed by atoms with van der Waals surface area (Å²) in [6.07, 6.45) is 1.83. The van der Waals surface area contributed by atoms with Gasteiger partial charge in [-0.3, -0.25) is 9.59 Å². The quantitative estimate of drug-likeness (QED) is 0.863. The van der Waals surface area contributed by atoms with Gasteiger partial charge >= 0.3 is 0 Å². The standard InChI is InChI=1S/C20H23FN2O3/c1-13-9-18(14(2)26-13)20(25)22-12-17(23-8-4-7-19(23)24)11-15-5-3-6-16(21)10-15/h3,5-6,9-10,17H,4,7-8,11-12H2,1-2H3,(H,22,25). The van der Waals surface area contributed by atoms with Crippen LogP contribution in [-0.2, 0) is 11.2 Å². The van der Waals surface area contributed by atoms with Crippen LogP contribution in [0.2, 0.25) is 0 Å². The van der Waals surface area contributed by atoms with Crippen LogP contribution in [0.4, 0.5) is 4.39 Å². The fraction of sp³-hybridized carbons (Fsp3) is 0.400. The van der Waals surface area contributed by atoms with Crippen LogP contribution < -0.4 is 5.32 Å². The summed E-state index contributed by atoms with van der Waals surface area (Å²) in [7, 11) is 0. The topological polar surface area (TPSA) is 62.6 Å². The number of nitrogens with one attached hydrogen (secondary N) is 1. The third-order valence-corrected chi connectivity index (χ3v) is 4.69. The largest absolute Gasteiger partial charge is 0.466 e. The Balaban J connectivity index is 1.72. The smallest absolute Gasteiger partial charge is 0.254 e. The number of carbonyl (C=O) groups excluding carboxylic acids is 2. The molecule has 1 atom stereocenters. The zero-order valence-corrected chi connectivity index (χ0v) is 15.0. The van der Waals surface area contributed by atoms with Gasteiger partial charge < -0.3 is 14.6 Å². The lowest BCUT2D eigenvalue weighted by atomic mass is 10.0. The number of amides is 2. The van der Waals surface area contributed by atoms with Crippen molar-refractivity contribution in [2.24, 2.45) is 0 Å². The second-order valence-corrected chi connectivity index (χ2v) is 6.72. The van der Waals surface area contributed by atoms with Crippen LogP contribution in [0.25, 0.3) is 0 Å². The molecule has 2 heterocycles. The second kappa shape index (κ2) is 7.72. The summed E-state index contributed by atoms with van der Waals surface area (Å²) < 4.78 is 18.9. The van der Waals surface area contributed by atoms with E-state index in [2.05, 4.69) is 5.32 Å². The molecule has 26 heavy (non-hydrogen) atoms. The summed E-state index contributed by atoms with van der Waals surface area (Å²) in [5.74, 6) is 0.798. The minimum atomic E-state index is -0.303. The highest BCUT2D eigenvalue weighted by atomic mass is 19.1. The van der Waals surface area contributed by atoms with Crippen LogP contribution in [0, 0.1) is 19.7 Å². The molecule has 1 saturated heterocycles. The van der Waals surface area contributed by atoms with E-state index in [1.54, 1.807) is 30.9 Å². The fourth-order valence-corrected chi connectivity index (χ4v) is 3.45. The van der Waals surface area contributed by atoms with Crippen LogP contribution in [0.5, 0.6) is 0 Å². The van der Waals surface area contributed by atoms with Crippen LogP contribution in [0.15, 0.2) is 34.7 Å². The minimum Gasteiger partial charge on any atom is -0.466 e. The molecule has 3 rings (SSSR count). The fourth-order valence-electron chi connectivity index (χ4n) is 3.45. The first kappa shape index (κ1) is 18.2. The van der Waals surface area contributed by atoms with Gasteiger partial charge in [-0.25, -0.2) is 4.39 Å². The van der Waals surface area contributed by atoms with Gasteiger partial charge in [-0.2, -0.15) is 0 Å². The Morgan fingerprint density at radius 3 is 2.77 bits per heavy atom. The summed E-state index contributed by atoms with van der Waals surface area (Å²) in [5, 5.41) is 2.90. The SMILES string of the molecule is Cc1cc(C(=O)NCC(Cc2cccc(F)c2)N2CCCC2=O)c(C)o1. The first-order valence-electron chi connectivity index (χ1n) is 8.83. The van der Waals surface area contributed by atoms with Gasteiger partial charge in [0.25, 0.3) is 5.91 Å². The van der Waals surface area contributed by atoms with Crippen molar-refractivity contribution in [3.63, 3.8) is 0 Å². The van der Waals surface area contributed by atoms with E-state index in [0.717, 1.165) is 12.0 Å². The predicted molar refractivity (Wildman–Crippen MR) is 95.4 cm³/mol. The molecule has 5 nitrogen and oxygen atoms in total. The average Bonchev–Trinajstić information content (AvgIpc) is 3.16. The normalized spacial score (nSPS) is 15.3. The maximum atomic E-state index is 13.5. The lowest BCUT2D eigenvalue weighted by Crippen LogP contribution is -2.45. The van der Waals surface area contributed by atoms with E-state index in [-0.39, 0.29) is 23.7 Å². The molecule has 1 N–H and O–H groups in total. The van der Waals surface area contributed by atoms with Crippen molar-refractivity contribution < 1.29 is 18.4 Å². The number of hydrogen-bond donors (Lipinski definition) is 1. The van der Waals surface area contributed by atoms with Gasteiger partial charge in [-0.1, -0.05) is 12.1 Å². The number of benzene rings is 1. The summed E-state index contributed by atoms with van der Waals surface area (Å²) in [6, 6.07) is 7.85. The third kappa shape index (κ3) is 4.12. The second-order valence-electron chi connectivity index (χ2n) is 6.72. The highest BCUT2D eigenvalue weighted by Crippen LogP contribution is 2.18. The molecule has 1 aliphatic rings. The highest BCUT2D eigenvalue weighted by molar-refractivity contribution is 5.95. The van der Waals surface area contributed by atoms with Crippen molar-refractivity contribution in [2.45, 2.75) is 39.2 Å². The molecule has 1 fully saturated rings. The van der Waals surface area contributed by atoms with Crippen LogP contribution in [-0.4, -0.2) is 35.8 Å². The molecule has 2 aromatic rings. The summed E-state index contributed by atoms with van der Waals surface area (Å²) in [4.78, 5) is 26.4. The summed E-state index contributed by atoms with van der Waals surface area (Å²) >= 11 is 0. The number of hydrogen-bond acceptors (Lipinski definition) is 3. The molecule has 1 aromatic carbocycles. The number of nitrogens with zero attached hydrogens (tertiary/aromatic N) is 1. The Hall–Kier alpha value is -2.63. The molecule has 0 aliphatic carbocycles. The number of carbonyl (C=O) groups is 2. The Bertz CT molecular complexity index is 815. The van der Waals surface area contributed by atoms with Gasteiger partial charge in [0, 0.05) is 19.5 Å². The summed E-state index contributed by atoms with van der Waals surface area (Å²) in [5.41, 5.74) is 1.30. The molecule has 1 unspecified atom stereocenters. The molecule has 138 valence electrons. The van der Waals surface area contributed by atoms with Crippen LogP contribution in [0.1, 0.15) is 40.3 Å². The van der Waals surface area contributed by atoms with Crippen molar-refractivity contribution in [2.75, 3.05) is 13.1 Å². The highest BCUT2D eigenvalue weighted by Gasteiger charge is 2.28. The predicted octanol–water partition coefficient (Wildman–Crippen LogP) is 3.00. The maximum Gasteiger partial charge on any atom is 0.254 e. The molecular weight excluding hydrogens is 335 g/mol. The molecule has 6 heteroatoms. The van der Waals surface area contributed by atoms with Gasteiger partial charge in [0.15, 0.2) is 0 Å². The van der Waals surface area contributed by atoms with E-state index in [1.165, 1.54) is 12.1 Å². The molecule has 0 radical (unpaired) electrons. The number of furan rings is 1. The van der Waals surface area contributed by atoms with E-state index < -0.39 is 0 Å². The average molecular weight is 358 g/mol. The van der Waals surface area contributed by atoms with Gasteiger partial charge in [-0.05, 0) is 50.5 Å². The van der Waals surface area contributed by atoms with Crippen LogP contribution in [0.3, 0.4) is 0 Å². The number of rotatable bonds is 6. The third-order valence-electron chi connectivity index (χ3n) is 4.69. The first-order chi connectivity index (χ1) is 12.4. The van der Waals surface area contributed by atoms with Gasteiger partial charge in [0.2, 0.25) is 5.91 Å². The number of likely N-dealkylation sites (tertiary alicyclic amines) is 1. The van der Waals surface area contributed by atoms with E-state index in [9.17, 15) is 14.0 Å². The van der Waals surface area contributed by atoms with E-state index in [4.69, 9.17) is 4.42 Å². The molecule has 1 aliphatic heterocycles. The lowest BCUT2D eigenvalue weighted by molar-refractivity contribution is -0.129. The van der Waals surface area contributed by atoms with Gasteiger partial charge in [0.1, 0.15) is 17.3 Å².